The quantitative estimate of drug-likeness (QED) is 0.777. The van der Waals surface area contributed by atoms with Crippen molar-refractivity contribution in [2.75, 3.05) is 0 Å². The van der Waals surface area contributed by atoms with Crippen LogP contribution in [0.5, 0.6) is 0 Å². The molecule has 2 aromatic rings. The zero-order valence-electron chi connectivity index (χ0n) is 11.7. The van der Waals surface area contributed by atoms with Gasteiger partial charge in [-0.3, -0.25) is 4.79 Å². The fourth-order valence-corrected chi connectivity index (χ4v) is 2.09. The number of aromatic nitrogens is 1. The van der Waals surface area contributed by atoms with Crippen molar-refractivity contribution in [1.82, 2.24) is 4.57 Å². The van der Waals surface area contributed by atoms with Crippen LogP contribution in [-0.2, 0) is 16.1 Å². The molecule has 0 aliphatic rings. The summed E-state index contributed by atoms with van der Waals surface area (Å²) in [6.07, 6.45) is 0. The molecule has 0 N–H and O–H groups in total. The van der Waals surface area contributed by atoms with E-state index in [1.165, 1.54) is 12.1 Å². The lowest BCUT2D eigenvalue weighted by Crippen LogP contribution is -2.26. The normalized spacial score (nSPS) is 11.8. The fourth-order valence-electron chi connectivity index (χ4n) is 2.09. The van der Waals surface area contributed by atoms with Gasteiger partial charge in [0.05, 0.1) is 0 Å². The van der Waals surface area contributed by atoms with E-state index >= 15 is 0 Å². The SMILES string of the molecule is Cc1cc2cc(F)ccc2n1CC(=O)OC(C)(C)C. The van der Waals surface area contributed by atoms with E-state index < -0.39 is 5.60 Å². The first kappa shape index (κ1) is 13.6. The third-order valence-electron chi connectivity index (χ3n) is 2.78. The first-order valence-electron chi connectivity index (χ1n) is 6.23. The monoisotopic (exact) mass is 263 g/mol. The highest BCUT2D eigenvalue weighted by Gasteiger charge is 2.18. The maximum Gasteiger partial charge on any atom is 0.326 e. The molecule has 2 rings (SSSR count). The highest BCUT2D eigenvalue weighted by Crippen LogP contribution is 2.21. The molecule has 19 heavy (non-hydrogen) atoms. The molecule has 1 aromatic heterocycles. The van der Waals surface area contributed by atoms with Crippen molar-refractivity contribution < 1.29 is 13.9 Å². The van der Waals surface area contributed by atoms with Crippen LogP contribution in [0.3, 0.4) is 0 Å². The van der Waals surface area contributed by atoms with Gasteiger partial charge in [-0.25, -0.2) is 4.39 Å². The van der Waals surface area contributed by atoms with E-state index in [1.807, 2.05) is 38.3 Å². The molecular weight excluding hydrogens is 245 g/mol. The van der Waals surface area contributed by atoms with Crippen LogP contribution < -0.4 is 0 Å². The van der Waals surface area contributed by atoms with Gasteiger partial charge in [0.25, 0.3) is 0 Å². The number of rotatable bonds is 2. The molecule has 0 atom stereocenters. The number of carbonyl (C=O) groups excluding carboxylic acids is 1. The Hall–Kier alpha value is -1.84. The second-order valence-corrected chi connectivity index (χ2v) is 5.66. The Morgan fingerprint density at radius 3 is 2.63 bits per heavy atom. The van der Waals surface area contributed by atoms with Crippen LogP contribution in [0.1, 0.15) is 26.5 Å². The molecule has 0 aliphatic heterocycles. The number of esters is 1. The van der Waals surface area contributed by atoms with E-state index in [4.69, 9.17) is 4.74 Å². The van der Waals surface area contributed by atoms with Crippen molar-refractivity contribution in [3.8, 4) is 0 Å². The minimum atomic E-state index is -0.500. The third-order valence-corrected chi connectivity index (χ3v) is 2.78. The van der Waals surface area contributed by atoms with E-state index in [0.717, 1.165) is 16.6 Å². The van der Waals surface area contributed by atoms with Gasteiger partial charge >= 0.3 is 5.97 Å². The minimum Gasteiger partial charge on any atom is -0.459 e. The molecule has 0 amide bonds. The maximum atomic E-state index is 13.2. The summed E-state index contributed by atoms with van der Waals surface area (Å²) in [4.78, 5) is 11.9. The van der Waals surface area contributed by atoms with Crippen LogP contribution in [0.25, 0.3) is 10.9 Å². The standard InChI is InChI=1S/C15H18FNO2/c1-10-7-11-8-12(16)5-6-13(11)17(10)9-14(18)19-15(2,3)4/h5-8H,9H2,1-4H3. The Morgan fingerprint density at radius 1 is 1.32 bits per heavy atom. The van der Waals surface area contributed by atoms with Gasteiger partial charge in [-0.05, 0) is 52.0 Å². The van der Waals surface area contributed by atoms with Gasteiger partial charge < -0.3 is 9.30 Å². The van der Waals surface area contributed by atoms with Gasteiger partial charge in [0.1, 0.15) is 18.0 Å². The van der Waals surface area contributed by atoms with E-state index in [0.29, 0.717) is 0 Å². The molecule has 1 heterocycles. The average molecular weight is 263 g/mol. The Balaban J connectivity index is 2.30. The first-order valence-corrected chi connectivity index (χ1v) is 6.23. The zero-order chi connectivity index (χ0) is 14.2. The molecule has 1 aromatic carbocycles. The number of carbonyl (C=O) groups is 1. The van der Waals surface area contributed by atoms with E-state index in [9.17, 15) is 9.18 Å². The lowest BCUT2D eigenvalue weighted by molar-refractivity contribution is -0.155. The number of hydrogen-bond donors (Lipinski definition) is 0. The molecule has 0 spiro atoms. The summed E-state index contributed by atoms with van der Waals surface area (Å²) in [5, 5.41) is 0.793. The maximum absolute atomic E-state index is 13.2. The number of nitrogens with zero attached hydrogens (tertiary/aromatic N) is 1. The summed E-state index contributed by atoms with van der Waals surface area (Å²) in [5.41, 5.74) is 1.25. The molecule has 0 radical (unpaired) electrons. The first-order chi connectivity index (χ1) is 8.76. The smallest absolute Gasteiger partial charge is 0.326 e. The highest BCUT2D eigenvalue weighted by molar-refractivity contribution is 5.83. The van der Waals surface area contributed by atoms with Crippen molar-refractivity contribution in [3.05, 3.63) is 35.8 Å². The molecule has 3 nitrogen and oxygen atoms in total. The second kappa shape index (κ2) is 4.68. The molecule has 0 aliphatic carbocycles. The molecule has 0 fully saturated rings. The van der Waals surface area contributed by atoms with Gasteiger partial charge in [-0.2, -0.15) is 0 Å². The second-order valence-electron chi connectivity index (χ2n) is 5.66. The summed E-state index contributed by atoms with van der Waals surface area (Å²) >= 11 is 0. The minimum absolute atomic E-state index is 0.137. The van der Waals surface area contributed by atoms with Gasteiger partial charge in [0.2, 0.25) is 0 Å². The van der Waals surface area contributed by atoms with E-state index in [-0.39, 0.29) is 18.3 Å². The summed E-state index contributed by atoms with van der Waals surface area (Å²) in [5.74, 6) is -0.570. The van der Waals surface area contributed by atoms with Crippen molar-refractivity contribution in [2.45, 2.75) is 39.8 Å². The fraction of sp³-hybridized carbons (Fsp3) is 0.400. The number of ether oxygens (including phenoxy) is 1. The summed E-state index contributed by atoms with van der Waals surface area (Å²) in [6.45, 7) is 7.53. The van der Waals surface area contributed by atoms with Crippen LogP contribution in [0.15, 0.2) is 24.3 Å². The number of fused-ring (bicyclic) bond motifs is 1. The number of hydrogen-bond acceptors (Lipinski definition) is 2. The number of halogens is 1. The predicted octanol–water partition coefficient (Wildman–Crippen LogP) is 3.43. The summed E-state index contributed by atoms with van der Waals surface area (Å²) in [7, 11) is 0. The number of benzene rings is 1. The van der Waals surface area contributed by atoms with Crippen molar-refractivity contribution in [3.63, 3.8) is 0 Å². The highest BCUT2D eigenvalue weighted by atomic mass is 19.1. The molecule has 0 bridgehead atoms. The van der Waals surface area contributed by atoms with Gasteiger partial charge in [0.15, 0.2) is 0 Å². The molecular formula is C15H18FNO2. The lowest BCUT2D eigenvalue weighted by atomic mass is 10.2. The van der Waals surface area contributed by atoms with Crippen molar-refractivity contribution in [1.29, 1.82) is 0 Å². The van der Waals surface area contributed by atoms with Crippen LogP contribution in [0, 0.1) is 12.7 Å². The van der Waals surface area contributed by atoms with E-state index in [1.54, 1.807) is 6.07 Å². The average Bonchev–Trinajstić information content (AvgIpc) is 2.51. The number of aryl methyl sites for hydroxylation is 1. The summed E-state index contributed by atoms with van der Waals surface area (Å²) in [6, 6.07) is 6.41. The molecule has 0 saturated carbocycles. The molecule has 0 saturated heterocycles. The van der Waals surface area contributed by atoms with Gasteiger partial charge in [0, 0.05) is 16.6 Å². The predicted molar refractivity (Wildman–Crippen MR) is 72.5 cm³/mol. The summed E-state index contributed by atoms with van der Waals surface area (Å²) < 4.78 is 20.3. The van der Waals surface area contributed by atoms with Crippen LogP contribution in [-0.4, -0.2) is 16.1 Å². The van der Waals surface area contributed by atoms with Gasteiger partial charge in [-0.15, -0.1) is 0 Å². The Morgan fingerprint density at radius 2 is 2.00 bits per heavy atom. The zero-order valence-corrected chi connectivity index (χ0v) is 11.7. The Labute approximate surface area is 112 Å². The molecule has 4 heteroatoms. The lowest BCUT2D eigenvalue weighted by Gasteiger charge is -2.20. The third kappa shape index (κ3) is 3.13. The topological polar surface area (TPSA) is 31.2 Å². The Kier molecular flexibility index (Phi) is 3.35. The van der Waals surface area contributed by atoms with Crippen molar-refractivity contribution >= 4 is 16.9 Å². The molecule has 0 unspecified atom stereocenters. The van der Waals surface area contributed by atoms with E-state index in [2.05, 4.69) is 0 Å². The van der Waals surface area contributed by atoms with Crippen LogP contribution in [0.4, 0.5) is 4.39 Å². The molecule has 102 valence electrons. The van der Waals surface area contributed by atoms with Gasteiger partial charge in [-0.1, -0.05) is 0 Å². The largest absolute Gasteiger partial charge is 0.459 e. The van der Waals surface area contributed by atoms with Crippen molar-refractivity contribution in [2.24, 2.45) is 0 Å². The van der Waals surface area contributed by atoms with Crippen LogP contribution in [0.2, 0.25) is 0 Å². The Bertz CT molecular complexity index is 623. The van der Waals surface area contributed by atoms with Crippen LogP contribution >= 0.6 is 0 Å².